The molecule has 0 saturated carbocycles. The number of nitrogens with one attached hydrogen (secondary N) is 2. The van der Waals surface area contributed by atoms with Crippen molar-refractivity contribution in [2.24, 2.45) is 5.92 Å². The third-order valence-corrected chi connectivity index (χ3v) is 6.43. The highest BCUT2D eigenvalue weighted by molar-refractivity contribution is 6.00. The van der Waals surface area contributed by atoms with Gasteiger partial charge >= 0.3 is 5.97 Å². The maximum Gasteiger partial charge on any atom is 0.340 e. The Morgan fingerprint density at radius 2 is 1.70 bits per heavy atom. The molecule has 1 aromatic carbocycles. The Morgan fingerprint density at radius 3 is 2.30 bits per heavy atom. The summed E-state index contributed by atoms with van der Waals surface area (Å²) in [6.07, 6.45) is 3.05. The molecule has 2 aromatic rings. The van der Waals surface area contributed by atoms with Crippen molar-refractivity contribution in [2.75, 3.05) is 19.7 Å². The van der Waals surface area contributed by atoms with Crippen molar-refractivity contribution in [1.82, 2.24) is 15.2 Å². The lowest BCUT2D eigenvalue weighted by molar-refractivity contribution is -0.122. The Morgan fingerprint density at radius 1 is 1.06 bits per heavy atom. The van der Waals surface area contributed by atoms with E-state index in [1.54, 1.807) is 25.7 Å². The molecule has 7 heteroatoms. The number of ether oxygens (including phenoxy) is 1. The van der Waals surface area contributed by atoms with E-state index in [2.05, 4.69) is 41.5 Å². The molecule has 33 heavy (non-hydrogen) atoms. The largest absolute Gasteiger partial charge is 0.462 e. The predicted molar refractivity (Wildman–Crippen MR) is 127 cm³/mol. The van der Waals surface area contributed by atoms with E-state index in [0.717, 1.165) is 24.8 Å². The molecule has 0 unspecified atom stereocenters. The van der Waals surface area contributed by atoms with Gasteiger partial charge in [0.1, 0.15) is 5.69 Å². The first kappa shape index (κ1) is 24.6. The lowest BCUT2D eigenvalue weighted by Crippen LogP contribution is -2.40. The number of hydrogen-bond donors (Lipinski definition) is 2. The number of H-pyrrole nitrogens is 1. The zero-order chi connectivity index (χ0) is 24.0. The van der Waals surface area contributed by atoms with Crippen molar-refractivity contribution in [2.45, 2.75) is 59.9 Å². The maximum absolute atomic E-state index is 13.1. The first-order chi connectivity index (χ1) is 15.8. The summed E-state index contributed by atoms with van der Waals surface area (Å²) in [7, 11) is 0. The molecular weight excluding hydrogens is 418 g/mol. The summed E-state index contributed by atoms with van der Waals surface area (Å²) in [5.41, 5.74) is 4.54. The Kier molecular flexibility index (Phi) is 8.31. The quantitative estimate of drug-likeness (QED) is 0.593. The lowest BCUT2D eigenvalue weighted by atomic mass is 9.93. The van der Waals surface area contributed by atoms with Gasteiger partial charge in [0.2, 0.25) is 5.91 Å². The van der Waals surface area contributed by atoms with Gasteiger partial charge in [-0.1, -0.05) is 31.2 Å². The molecule has 2 amide bonds. The molecule has 7 nitrogen and oxygen atoms in total. The Hall–Kier alpha value is -3.09. The molecule has 2 N–H and O–H groups in total. The first-order valence-corrected chi connectivity index (χ1v) is 11.8. The van der Waals surface area contributed by atoms with E-state index < -0.39 is 5.97 Å². The fourth-order valence-corrected chi connectivity index (χ4v) is 4.40. The number of aromatic nitrogens is 1. The van der Waals surface area contributed by atoms with Gasteiger partial charge < -0.3 is 19.9 Å². The molecule has 1 fully saturated rings. The monoisotopic (exact) mass is 453 g/mol. The topological polar surface area (TPSA) is 91.5 Å². The van der Waals surface area contributed by atoms with Gasteiger partial charge in [0.05, 0.1) is 12.2 Å². The number of likely N-dealkylation sites (tertiary alicyclic amines) is 1. The van der Waals surface area contributed by atoms with E-state index in [1.807, 2.05) is 0 Å². The summed E-state index contributed by atoms with van der Waals surface area (Å²) in [5, 5.41) is 3.01. The highest BCUT2D eigenvalue weighted by Gasteiger charge is 2.29. The number of nitrogens with zero attached hydrogens (tertiary/aromatic N) is 1. The van der Waals surface area contributed by atoms with Crippen LogP contribution in [0.1, 0.15) is 76.3 Å². The summed E-state index contributed by atoms with van der Waals surface area (Å²) < 4.78 is 5.12. The van der Waals surface area contributed by atoms with Crippen LogP contribution in [0.3, 0.4) is 0 Å². The minimum absolute atomic E-state index is 0.0502. The smallest absolute Gasteiger partial charge is 0.340 e. The number of aryl methyl sites for hydroxylation is 2. The average Bonchev–Trinajstić information content (AvgIpc) is 3.12. The minimum atomic E-state index is -0.408. The van der Waals surface area contributed by atoms with Gasteiger partial charge in [0.25, 0.3) is 5.91 Å². The molecule has 3 rings (SSSR count). The molecule has 1 saturated heterocycles. The molecule has 1 aromatic heterocycles. The highest BCUT2D eigenvalue weighted by Crippen LogP contribution is 2.25. The Bertz CT molecular complexity index is 986. The maximum atomic E-state index is 13.1. The van der Waals surface area contributed by atoms with Crippen molar-refractivity contribution >= 4 is 17.8 Å². The summed E-state index contributed by atoms with van der Waals surface area (Å²) in [6.45, 7) is 9.46. The van der Waals surface area contributed by atoms with Gasteiger partial charge in [0, 0.05) is 31.7 Å². The lowest BCUT2D eigenvalue weighted by Gasteiger charge is -2.31. The molecule has 2 heterocycles. The summed E-state index contributed by atoms with van der Waals surface area (Å²) in [4.78, 5) is 42.6. The van der Waals surface area contributed by atoms with Crippen LogP contribution in [0.15, 0.2) is 24.3 Å². The molecule has 0 aliphatic carbocycles. The van der Waals surface area contributed by atoms with Crippen LogP contribution in [-0.2, 0) is 22.5 Å². The first-order valence-electron chi connectivity index (χ1n) is 11.8. The molecule has 1 aliphatic rings. The summed E-state index contributed by atoms with van der Waals surface area (Å²) >= 11 is 0. The number of rotatable bonds is 8. The van der Waals surface area contributed by atoms with Crippen molar-refractivity contribution in [1.29, 1.82) is 0 Å². The van der Waals surface area contributed by atoms with Crippen LogP contribution in [0.2, 0.25) is 0 Å². The van der Waals surface area contributed by atoms with Crippen molar-refractivity contribution in [3.05, 3.63) is 57.9 Å². The van der Waals surface area contributed by atoms with Gasteiger partial charge in [-0.05, 0) is 62.6 Å². The predicted octanol–water partition coefficient (Wildman–Crippen LogP) is 3.93. The number of esters is 1. The normalized spacial score (nSPS) is 14.2. The number of benzene rings is 1. The molecule has 0 bridgehead atoms. The molecule has 178 valence electrons. The van der Waals surface area contributed by atoms with Crippen molar-refractivity contribution < 1.29 is 19.1 Å². The van der Waals surface area contributed by atoms with E-state index in [1.165, 1.54) is 5.56 Å². The Balaban J connectivity index is 1.49. The van der Waals surface area contributed by atoms with Gasteiger partial charge in [0.15, 0.2) is 0 Å². The van der Waals surface area contributed by atoms with Gasteiger partial charge in [-0.15, -0.1) is 0 Å². The molecule has 0 atom stereocenters. The van der Waals surface area contributed by atoms with Crippen LogP contribution in [0.4, 0.5) is 0 Å². The van der Waals surface area contributed by atoms with E-state index in [4.69, 9.17) is 4.74 Å². The third-order valence-electron chi connectivity index (χ3n) is 6.43. The molecule has 1 aliphatic heterocycles. The number of carbonyl (C=O) groups is 3. The standard InChI is InChI=1S/C26H35N3O4/c1-5-19-7-9-21(10-8-19)16-27-22(30)15-20-11-13-29(14-12-20)25(31)24-17(3)23(18(4)28-24)26(32)33-6-2/h7-10,20,28H,5-6,11-16H2,1-4H3,(H,27,30). The highest BCUT2D eigenvalue weighted by atomic mass is 16.5. The second-order valence-corrected chi connectivity index (χ2v) is 8.73. The number of carbonyl (C=O) groups excluding carboxylic acids is 3. The summed E-state index contributed by atoms with van der Waals surface area (Å²) in [5.74, 6) is -0.203. The van der Waals surface area contributed by atoms with Crippen LogP contribution in [0.25, 0.3) is 0 Å². The zero-order valence-corrected chi connectivity index (χ0v) is 20.1. The van der Waals surface area contributed by atoms with Crippen molar-refractivity contribution in [3.8, 4) is 0 Å². The average molecular weight is 454 g/mol. The second-order valence-electron chi connectivity index (χ2n) is 8.73. The SMILES string of the molecule is CCOC(=O)c1c(C)[nH]c(C(=O)N2CCC(CC(=O)NCc3ccc(CC)cc3)CC2)c1C. The van der Waals surface area contributed by atoms with Gasteiger partial charge in [-0.3, -0.25) is 9.59 Å². The zero-order valence-electron chi connectivity index (χ0n) is 20.1. The number of piperidine rings is 1. The minimum Gasteiger partial charge on any atom is -0.462 e. The van der Waals surface area contributed by atoms with Crippen LogP contribution < -0.4 is 5.32 Å². The van der Waals surface area contributed by atoms with Crippen molar-refractivity contribution in [3.63, 3.8) is 0 Å². The summed E-state index contributed by atoms with van der Waals surface area (Å²) in [6, 6.07) is 8.30. The number of hydrogen-bond acceptors (Lipinski definition) is 4. The fourth-order valence-electron chi connectivity index (χ4n) is 4.40. The number of aromatic amines is 1. The Labute approximate surface area is 195 Å². The van der Waals surface area contributed by atoms with Gasteiger partial charge in [-0.25, -0.2) is 4.79 Å². The van der Waals surface area contributed by atoms with E-state index >= 15 is 0 Å². The molecule has 0 spiro atoms. The third kappa shape index (κ3) is 6.03. The molecular formula is C26H35N3O4. The van der Waals surface area contributed by atoms with Crippen LogP contribution in [0.5, 0.6) is 0 Å². The molecule has 0 radical (unpaired) electrons. The van der Waals surface area contributed by atoms with Crippen LogP contribution in [0, 0.1) is 19.8 Å². The van der Waals surface area contributed by atoms with E-state index in [0.29, 0.717) is 55.2 Å². The van der Waals surface area contributed by atoms with E-state index in [9.17, 15) is 14.4 Å². The number of amides is 2. The van der Waals surface area contributed by atoms with Crippen LogP contribution >= 0.6 is 0 Å². The van der Waals surface area contributed by atoms with E-state index in [-0.39, 0.29) is 17.7 Å². The van der Waals surface area contributed by atoms with Crippen LogP contribution in [-0.4, -0.2) is 47.4 Å². The van der Waals surface area contributed by atoms with Gasteiger partial charge in [-0.2, -0.15) is 0 Å². The fraction of sp³-hybridized carbons (Fsp3) is 0.500. The second kappa shape index (κ2) is 11.2.